The smallest absolute Gasteiger partial charge is 0.242 e. The van der Waals surface area contributed by atoms with Crippen molar-refractivity contribution < 1.29 is 4.43 Å². The summed E-state index contributed by atoms with van der Waals surface area (Å²) in [5.74, 6) is 2.68. The van der Waals surface area contributed by atoms with Gasteiger partial charge in [-0.3, -0.25) is 4.57 Å². The second-order valence-corrected chi connectivity index (χ2v) is 10.6. The Balaban J connectivity index is 2.46. The van der Waals surface area contributed by atoms with E-state index in [2.05, 4.69) is 37.6 Å². The van der Waals surface area contributed by atoms with Crippen molar-refractivity contribution in [3.8, 4) is 5.75 Å². The number of imidazole rings is 1. The lowest BCUT2D eigenvalue weighted by atomic mass is 10.2. The van der Waals surface area contributed by atoms with Crippen LogP contribution in [0.15, 0.2) is 35.6 Å². The van der Waals surface area contributed by atoms with E-state index in [0.29, 0.717) is 0 Å². The molecule has 0 bridgehead atoms. The lowest BCUT2D eigenvalue weighted by molar-refractivity contribution is 0.558. The van der Waals surface area contributed by atoms with Gasteiger partial charge in [-0.05, 0) is 52.0 Å². The highest BCUT2D eigenvalue weighted by molar-refractivity contribution is 6.70. The zero-order chi connectivity index (χ0) is 15.6. The molecule has 0 spiro atoms. The van der Waals surface area contributed by atoms with E-state index < -0.39 is 8.32 Å². The lowest BCUT2D eigenvalue weighted by Gasteiger charge is -2.21. The molecule has 1 aromatic heterocycles. The predicted octanol–water partition coefficient (Wildman–Crippen LogP) is 4.31. The molecule has 0 fully saturated rings. The number of hydrogen-bond donors (Lipinski definition) is 0. The van der Waals surface area contributed by atoms with Crippen LogP contribution in [0, 0.1) is 13.8 Å². The quantitative estimate of drug-likeness (QED) is 0.481. The number of rotatable bonds is 3. The fourth-order valence-corrected chi connectivity index (χ4v) is 2.95. The van der Waals surface area contributed by atoms with E-state index in [1.807, 2.05) is 36.7 Å². The normalized spacial score (nSPS) is 12.6. The molecule has 0 atom stereocenters. The number of aryl methyl sites for hydroxylation is 2. The molecule has 0 aliphatic rings. The summed E-state index contributed by atoms with van der Waals surface area (Å²) in [6.07, 6.45) is 3.71. The third kappa shape index (κ3) is 3.82. The minimum Gasteiger partial charge on any atom is -0.543 e. The summed E-state index contributed by atoms with van der Waals surface area (Å²) in [7, 11) is -1.67. The monoisotopic (exact) mass is 301 g/mol. The first-order valence-corrected chi connectivity index (χ1v) is 10.5. The van der Waals surface area contributed by atoms with E-state index in [0.717, 1.165) is 28.7 Å². The molecule has 0 aliphatic heterocycles. The van der Waals surface area contributed by atoms with Crippen molar-refractivity contribution in [3.05, 3.63) is 42.0 Å². The maximum Gasteiger partial charge on any atom is 0.242 e. The Hall–Kier alpha value is -1.88. The molecular weight excluding hydrogens is 278 g/mol. The molecule has 0 unspecified atom stereocenters. The van der Waals surface area contributed by atoms with Gasteiger partial charge in [0.05, 0.1) is 0 Å². The first-order valence-electron chi connectivity index (χ1n) is 7.12. The van der Waals surface area contributed by atoms with Crippen LogP contribution in [0.25, 0.3) is 0 Å². The molecule has 0 saturated heterocycles. The van der Waals surface area contributed by atoms with Gasteiger partial charge in [-0.15, -0.1) is 0 Å². The molecule has 2 rings (SSSR count). The van der Waals surface area contributed by atoms with Crippen molar-refractivity contribution in [2.45, 2.75) is 40.4 Å². The average Bonchev–Trinajstić information content (AvgIpc) is 2.78. The van der Waals surface area contributed by atoms with Crippen LogP contribution < -0.4 is 4.43 Å². The summed E-state index contributed by atoms with van der Waals surface area (Å²) in [6.45, 7) is 12.5. The van der Waals surface area contributed by atoms with Crippen LogP contribution in [0.1, 0.15) is 18.3 Å². The molecule has 0 amide bonds. The van der Waals surface area contributed by atoms with Gasteiger partial charge in [-0.1, -0.05) is 12.1 Å². The first-order chi connectivity index (χ1) is 9.78. The Morgan fingerprint density at radius 2 is 1.95 bits per heavy atom. The largest absolute Gasteiger partial charge is 0.543 e. The van der Waals surface area contributed by atoms with Gasteiger partial charge in [0.2, 0.25) is 8.32 Å². The fourth-order valence-electron chi connectivity index (χ4n) is 2.12. The van der Waals surface area contributed by atoms with Crippen molar-refractivity contribution in [3.63, 3.8) is 0 Å². The molecule has 112 valence electrons. The molecule has 21 heavy (non-hydrogen) atoms. The number of nitrogens with zero attached hydrogens (tertiary/aromatic N) is 3. The van der Waals surface area contributed by atoms with Gasteiger partial charge < -0.3 is 4.43 Å². The zero-order valence-electron chi connectivity index (χ0n) is 13.6. The summed E-state index contributed by atoms with van der Waals surface area (Å²) in [5.41, 5.74) is 2.02. The Morgan fingerprint density at radius 3 is 2.52 bits per heavy atom. The van der Waals surface area contributed by atoms with Gasteiger partial charge in [-0.2, -0.15) is 0 Å². The van der Waals surface area contributed by atoms with Crippen molar-refractivity contribution in [2.75, 3.05) is 0 Å². The standard InChI is InChI=1S/C16H23N3OSi/c1-12-8-7-9-15(20-21(4,5)6)16(12)18-14(3)19-11-10-17-13(19)2/h7-11H,1-6H3. The Kier molecular flexibility index (Phi) is 4.32. The first kappa shape index (κ1) is 15.5. The predicted molar refractivity (Wildman–Crippen MR) is 90.3 cm³/mol. The van der Waals surface area contributed by atoms with Gasteiger partial charge in [0.25, 0.3) is 0 Å². The van der Waals surface area contributed by atoms with E-state index in [4.69, 9.17) is 9.42 Å². The Morgan fingerprint density at radius 1 is 1.24 bits per heavy atom. The zero-order valence-corrected chi connectivity index (χ0v) is 14.6. The summed E-state index contributed by atoms with van der Waals surface area (Å²) in [4.78, 5) is 9.02. The average molecular weight is 301 g/mol. The Labute approximate surface area is 127 Å². The van der Waals surface area contributed by atoms with Crippen LogP contribution in [-0.2, 0) is 0 Å². The van der Waals surface area contributed by atoms with Gasteiger partial charge >= 0.3 is 0 Å². The SMILES string of the molecule is CC(=Nc1c(C)cccc1O[Si](C)(C)C)n1ccnc1C. The van der Waals surface area contributed by atoms with Crippen LogP contribution in [0.3, 0.4) is 0 Å². The summed E-state index contributed by atoms with van der Waals surface area (Å²) in [6, 6.07) is 6.07. The third-order valence-corrected chi connectivity index (χ3v) is 3.90. The Bertz CT molecular complexity index is 668. The van der Waals surface area contributed by atoms with Gasteiger partial charge in [0.15, 0.2) is 0 Å². The van der Waals surface area contributed by atoms with Crippen LogP contribution >= 0.6 is 0 Å². The number of aliphatic imine (C=N–C) groups is 1. The molecular formula is C16H23N3OSi. The summed E-state index contributed by atoms with van der Waals surface area (Å²) in [5, 5.41) is 0. The third-order valence-electron chi connectivity index (χ3n) is 3.06. The van der Waals surface area contributed by atoms with Crippen molar-refractivity contribution >= 4 is 19.8 Å². The topological polar surface area (TPSA) is 39.4 Å². The van der Waals surface area contributed by atoms with Gasteiger partial charge in [0.1, 0.15) is 23.1 Å². The summed E-state index contributed by atoms with van der Waals surface area (Å²) < 4.78 is 8.15. The number of para-hydroxylation sites is 1. The number of aromatic nitrogens is 2. The number of hydrogen-bond acceptors (Lipinski definition) is 3. The molecule has 0 N–H and O–H groups in total. The van der Waals surface area contributed by atoms with Crippen LogP contribution in [0.4, 0.5) is 5.69 Å². The highest BCUT2D eigenvalue weighted by Crippen LogP contribution is 2.33. The van der Waals surface area contributed by atoms with Crippen molar-refractivity contribution in [1.29, 1.82) is 0 Å². The molecule has 0 saturated carbocycles. The maximum atomic E-state index is 6.17. The fraction of sp³-hybridized carbons (Fsp3) is 0.375. The highest BCUT2D eigenvalue weighted by atomic mass is 28.4. The minimum atomic E-state index is -1.67. The second kappa shape index (κ2) is 5.85. The van der Waals surface area contributed by atoms with Crippen LogP contribution in [0.2, 0.25) is 19.6 Å². The highest BCUT2D eigenvalue weighted by Gasteiger charge is 2.19. The molecule has 4 nitrogen and oxygen atoms in total. The molecule has 0 aliphatic carbocycles. The number of benzene rings is 1. The second-order valence-electron chi connectivity index (χ2n) is 6.14. The van der Waals surface area contributed by atoms with Crippen LogP contribution in [-0.4, -0.2) is 23.7 Å². The molecule has 2 aromatic rings. The van der Waals surface area contributed by atoms with Gasteiger partial charge in [-0.25, -0.2) is 9.98 Å². The molecule has 1 heterocycles. The van der Waals surface area contributed by atoms with Gasteiger partial charge in [0, 0.05) is 12.4 Å². The van der Waals surface area contributed by atoms with E-state index >= 15 is 0 Å². The molecule has 0 radical (unpaired) electrons. The van der Waals surface area contributed by atoms with E-state index in [1.165, 1.54) is 0 Å². The summed E-state index contributed by atoms with van der Waals surface area (Å²) >= 11 is 0. The van der Waals surface area contributed by atoms with Crippen molar-refractivity contribution in [1.82, 2.24) is 9.55 Å². The lowest BCUT2D eigenvalue weighted by Crippen LogP contribution is -2.29. The maximum absolute atomic E-state index is 6.17. The van der Waals surface area contributed by atoms with Crippen LogP contribution in [0.5, 0.6) is 5.75 Å². The van der Waals surface area contributed by atoms with E-state index in [9.17, 15) is 0 Å². The minimum absolute atomic E-state index is 0.867. The molecule has 1 aromatic carbocycles. The molecule has 5 heteroatoms. The van der Waals surface area contributed by atoms with E-state index in [-0.39, 0.29) is 0 Å². The van der Waals surface area contributed by atoms with Crippen molar-refractivity contribution in [2.24, 2.45) is 4.99 Å². The van der Waals surface area contributed by atoms with E-state index in [1.54, 1.807) is 6.20 Å².